The molecule has 4 N–H and O–H groups in total. The van der Waals surface area contributed by atoms with Gasteiger partial charge in [0.15, 0.2) is 6.29 Å². The van der Waals surface area contributed by atoms with E-state index < -0.39 is 30.8 Å². The van der Waals surface area contributed by atoms with Crippen molar-refractivity contribution in [3.05, 3.63) is 0 Å². The maximum Gasteiger partial charge on any atom is 0.151 e. The van der Waals surface area contributed by atoms with E-state index in [-0.39, 0.29) is 6.29 Å². The molecule has 0 bridgehead atoms. The number of aliphatic hydroxyl groups is 4. The quantitative estimate of drug-likeness (QED) is 0.376. The monoisotopic (exact) mass is 179 g/mol. The fourth-order valence-corrected chi connectivity index (χ4v) is 0.710. The average molecular weight is 179 g/mol. The Morgan fingerprint density at radius 1 is 1.50 bits per heavy atom. The van der Waals surface area contributed by atoms with Crippen molar-refractivity contribution in [1.82, 2.24) is 0 Å². The van der Waals surface area contributed by atoms with E-state index >= 15 is 0 Å². The lowest BCUT2D eigenvalue weighted by Gasteiger charge is -2.32. The van der Waals surface area contributed by atoms with Crippen molar-refractivity contribution < 1.29 is 26.6 Å². The van der Waals surface area contributed by atoms with E-state index in [9.17, 15) is 15.0 Å². The summed E-state index contributed by atoms with van der Waals surface area (Å²) in [5.41, 5.74) is -2.31. The minimum atomic E-state index is -2.31. The number of hydrogen-bond donors (Lipinski definition) is 4. The summed E-state index contributed by atoms with van der Waals surface area (Å²) < 4.78 is 6.87. The van der Waals surface area contributed by atoms with Crippen LogP contribution in [-0.4, -0.2) is 50.6 Å². The lowest BCUT2D eigenvalue weighted by Crippen LogP contribution is -2.54. The normalized spacial score (nSPS) is 24.9. The molecule has 0 saturated heterocycles. The molecule has 0 unspecified atom stereocenters. The van der Waals surface area contributed by atoms with Gasteiger partial charge in [-0.15, -0.1) is 0 Å². The van der Waals surface area contributed by atoms with Crippen molar-refractivity contribution in [3.63, 3.8) is 0 Å². The van der Waals surface area contributed by atoms with Gasteiger partial charge in [-0.1, -0.05) is 0 Å². The first-order chi connectivity index (χ1) is 5.90. The number of aliphatic hydroxyl groups excluding tert-OH is 3. The molecule has 0 aliphatic rings. The van der Waals surface area contributed by atoms with Crippen LogP contribution in [0.2, 0.25) is 0 Å². The third kappa shape index (κ3) is 2.25. The predicted molar refractivity (Wildman–Crippen MR) is 40.4 cm³/mol. The second-order valence-corrected chi connectivity index (χ2v) is 2.76. The Hall–Kier alpha value is -0.490. The molecule has 4 atom stereocenters. The van der Waals surface area contributed by atoms with Crippen LogP contribution in [0.25, 0.3) is 0 Å². The Morgan fingerprint density at radius 3 is 2.25 bits per heavy atom. The summed E-state index contributed by atoms with van der Waals surface area (Å²) >= 11 is 0. The van der Waals surface area contributed by atoms with Crippen LogP contribution in [-0.2, 0) is 4.79 Å². The zero-order valence-corrected chi connectivity index (χ0v) is 6.71. The van der Waals surface area contributed by atoms with Crippen molar-refractivity contribution in [2.75, 3.05) is 0 Å². The maximum absolute atomic E-state index is 10.2. The van der Waals surface area contributed by atoms with E-state index in [1.807, 2.05) is 0 Å². The van der Waals surface area contributed by atoms with Crippen LogP contribution in [0.3, 0.4) is 0 Å². The molecule has 0 rings (SSSR count). The van der Waals surface area contributed by atoms with Crippen LogP contribution in [0.4, 0.5) is 0 Å². The smallest absolute Gasteiger partial charge is 0.151 e. The molecular formula is C7H14O5. The van der Waals surface area contributed by atoms with Crippen molar-refractivity contribution in [1.29, 1.82) is 0 Å². The summed E-state index contributed by atoms with van der Waals surface area (Å²) in [6, 6.07) is 0. The Labute approximate surface area is 71.7 Å². The van der Waals surface area contributed by atoms with Gasteiger partial charge in [0.25, 0.3) is 0 Å². The topological polar surface area (TPSA) is 98.0 Å². The molecule has 0 aliphatic heterocycles. The molecule has 0 aromatic carbocycles. The number of carbonyl (C=O) groups is 1. The first-order valence-electron chi connectivity index (χ1n) is 4.12. The van der Waals surface area contributed by atoms with Crippen molar-refractivity contribution >= 4 is 6.29 Å². The van der Waals surface area contributed by atoms with Gasteiger partial charge in [-0.25, -0.2) is 0 Å². The molecule has 0 heterocycles. The third-order valence-electron chi connectivity index (χ3n) is 1.61. The van der Waals surface area contributed by atoms with Crippen molar-refractivity contribution in [2.45, 2.75) is 37.7 Å². The molecule has 5 heteroatoms. The van der Waals surface area contributed by atoms with E-state index in [4.69, 9.17) is 11.6 Å². The molecule has 0 spiro atoms. The summed E-state index contributed by atoms with van der Waals surface area (Å²) in [5.74, 6) is 0. The van der Waals surface area contributed by atoms with Gasteiger partial charge in [-0.2, -0.15) is 0 Å². The van der Waals surface area contributed by atoms with Gasteiger partial charge in [-0.05, 0) is 13.8 Å². The van der Waals surface area contributed by atoms with Crippen LogP contribution in [0.15, 0.2) is 0 Å². The van der Waals surface area contributed by atoms with Gasteiger partial charge in [0, 0.05) is 1.37 Å². The van der Waals surface area contributed by atoms with Crippen LogP contribution in [0, 0.1) is 0 Å². The number of rotatable bonds is 4. The molecule has 0 saturated carbocycles. The van der Waals surface area contributed by atoms with Crippen LogP contribution < -0.4 is 0 Å². The Kier molecular flexibility index (Phi) is 3.16. The molecule has 0 aliphatic carbocycles. The summed E-state index contributed by atoms with van der Waals surface area (Å²) in [6.45, 7) is 0.405. The molecule has 0 fully saturated rings. The zero-order valence-electron chi connectivity index (χ0n) is 7.71. The van der Waals surface area contributed by atoms with Gasteiger partial charge in [0.2, 0.25) is 0 Å². The van der Waals surface area contributed by atoms with Gasteiger partial charge in [0.05, 0.1) is 6.10 Å². The third-order valence-corrected chi connectivity index (χ3v) is 1.61. The lowest BCUT2D eigenvalue weighted by atomic mass is 9.90. The van der Waals surface area contributed by atoms with Gasteiger partial charge in [-0.3, -0.25) is 0 Å². The SMILES string of the molecule is [2H]C[C@](O)([C@@H](O)C=O)[C@@H](O)[C@@H](C)O. The standard InChI is InChI=1S/C7H14O5/c1-4(9)6(11)7(2,12)5(10)3-8/h3-6,9-12H,1-2H3/t4-,5+,6+,7+/m1/s1/i2D. The van der Waals surface area contributed by atoms with Gasteiger partial charge >= 0.3 is 0 Å². The molecule has 72 valence electrons. The van der Waals surface area contributed by atoms with Crippen LogP contribution >= 0.6 is 0 Å². The van der Waals surface area contributed by atoms with Gasteiger partial charge in [0.1, 0.15) is 17.8 Å². The highest BCUT2D eigenvalue weighted by molar-refractivity contribution is 5.58. The van der Waals surface area contributed by atoms with Crippen molar-refractivity contribution in [2.24, 2.45) is 0 Å². The Bertz CT molecular complexity index is 174. The summed E-state index contributed by atoms with van der Waals surface area (Å²) in [5, 5.41) is 36.6. The number of hydrogen-bond acceptors (Lipinski definition) is 5. The predicted octanol–water partition coefficient (Wildman–Crippen LogP) is -1.96. The zero-order chi connectivity index (χ0) is 10.6. The van der Waals surface area contributed by atoms with E-state index in [2.05, 4.69) is 0 Å². The van der Waals surface area contributed by atoms with Crippen LogP contribution in [0.5, 0.6) is 0 Å². The van der Waals surface area contributed by atoms with E-state index in [1.54, 1.807) is 0 Å². The number of carbonyl (C=O) groups excluding carboxylic acids is 1. The second kappa shape index (κ2) is 3.95. The average Bonchev–Trinajstić information content (AvgIpc) is 2.13. The molecule has 12 heavy (non-hydrogen) atoms. The largest absolute Gasteiger partial charge is 0.391 e. The minimum absolute atomic E-state index is 0.0140. The summed E-state index contributed by atoms with van der Waals surface area (Å²) in [6.07, 6.45) is -4.93. The molecule has 0 aromatic heterocycles. The molecule has 0 amide bonds. The summed E-state index contributed by atoms with van der Waals surface area (Å²) in [4.78, 5) is 10.2. The van der Waals surface area contributed by atoms with Crippen molar-refractivity contribution in [3.8, 4) is 0 Å². The highest BCUT2D eigenvalue weighted by Gasteiger charge is 2.40. The van der Waals surface area contributed by atoms with Crippen LogP contribution in [0.1, 0.15) is 15.2 Å². The molecule has 0 radical (unpaired) electrons. The molecular weight excluding hydrogens is 164 g/mol. The fourth-order valence-electron chi connectivity index (χ4n) is 0.710. The van der Waals surface area contributed by atoms with E-state index in [0.29, 0.717) is 0 Å². The second-order valence-electron chi connectivity index (χ2n) is 2.76. The Balaban J connectivity index is 4.70. The lowest BCUT2D eigenvalue weighted by molar-refractivity contribution is -0.166. The minimum Gasteiger partial charge on any atom is -0.391 e. The fraction of sp³-hybridized carbons (Fsp3) is 0.857. The Morgan fingerprint density at radius 2 is 2.00 bits per heavy atom. The van der Waals surface area contributed by atoms with Gasteiger partial charge < -0.3 is 25.2 Å². The highest BCUT2D eigenvalue weighted by Crippen LogP contribution is 2.16. The maximum atomic E-state index is 10.2. The first-order valence-corrected chi connectivity index (χ1v) is 3.41. The highest BCUT2D eigenvalue weighted by atomic mass is 16.4. The van der Waals surface area contributed by atoms with E-state index in [0.717, 1.165) is 0 Å². The van der Waals surface area contributed by atoms with E-state index in [1.165, 1.54) is 6.92 Å². The first kappa shape index (κ1) is 9.60. The summed E-state index contributed by atoms with van der Waals surface area (Å²) in [7, 11) is 0. The number of aldehydes is 1. The molecule has 0 aromatic rings. The molecule has 5 nitrogen and oxygen atoms in total.